The SMILES string of the molecule is CC(=O)Nc1cccc(NC(=O)c2nnn(Cc3ccc(Cl)c(Cl)c3)c2C)c1. The summed E-state index contributed by atoms with van der Waals surface area (Å²) in [4.78, 5) is 23.8. The first kappa shape index (κ1) is 19.9. The summed E-state index contributed by atoms with van der Waals surface area (Å²) in [6.07, 6.45) is 0. The van der Waals surface area contributed by atoms with Crippen LogP contribution in [0.2, 0.25) is 10.0 Å². The highest BCUT2D eigenvalue weighted by Gasteiger charge is 2.17. The van der Waals surface area contributed by atoms with E-state index in [2.05, 4.69) is 20.9 Å². The molecular formula is C19H17Cl2N5O2. The van der Waals surface area contributed by atoms with E-state index in [1.54, 1.807) is 48.0 Å². The molecule has 7 nitrogen and oxygen atoms in total. The maximum atomic E-state index is 12.6. The number of benzene rings is 2. The number of nitrogens with zero attached hydrogens (tertiary/aromatic N) is 3. The second-order valence-electron chi connectivity index (χ2n) is 6.15. The maximum Gasteiger partial charge on any atom is 0.278 e. The Labute approximate surface area is 171 Å². The van der Waals surface area contributed by atoms with Gasteiger partial charge in [0.05, 0.1) is 22.3 Å². The quantitative estimate of drug-likeness (QED) is 0.652. The number of nitrogens with one attached hydrogen (secondary N) is 2. The Morgan fingerprint density at radius 2 is 1.75 bits per heavy atom. The van der Waals surface area contributed by atoms with Crippen LogP contribution in [0.25, 0.3) is 0 Å². The van der Waals surface area contributed by atoms with Gasteiger partial charge in [-0.2, -0.15) is 0 Å². The zero-order valence-electron chi connectivity index (χ0n) is 15.2. The Hall–Kier alpha value is -2.90. The van der Waals surface area contributed by atoms with Gasteiger partial charge in [0.1, 0.15) is 0 Å². The predicted molar refractivity (Wildman–Crippen MR) is 109 cm³/mol. The second-order valence-corrected chi connectivity index (χ2v) is 6.96. The van der Waals surface area contributed by atoms with E-state index in [1.165, 1.54) is 6.92 Å². The average Bonchev–Trinajstić information content (AvgIpc) is 2.98. The summed E-state index contributed by atoms with van der Waals surface area (Å²) in [5.41, 5.74) is 2.84. The van der Waals surface area contributed by atoms with Gasteiger partial charge in [-0.15, -0.1) is 5.10 Å². The standard InChI is InChI=1S/C19H17Cl2N5O2/c1-11-18(19(28)23-15-5-3-4-14(9-15)22-12(2)27)24-25-26(11)10-13-6-7-16(20)17(21)8-13/h3-9H,10H2,1-2H3,(H,22,27)(H,23,28). The van der Waals surface area contributed by atoms with Gasteiger partial charge in [0, 0.05) is 18.3 Å². The lowest BCUT2D eigenvalue weighted by Crippen LogP contribution is -2.15. The monoisotopic (exact) mass is 417 g/mol. The number of rotatable bonds is 5. The molecular weight excluding hydrogens is 401 g/mol. The summed E-state index contributed by atoms with van der Waals surface area (Å²) in [6, 6.07) is 12.1. The van der Waals surface area contributed by atoms with Crippen molar-refractivity contribution in [2.75, 3.05) is 10.6 Å². The van der Waals surface area contributed by atoms with E-state index in [-0.39, 0.29) is 11.6 Å². The Morgan fingerprint density at radius 1 is 1.04 bits per heavy atom. The molecule has 0 spiro atoms. The van der Waals surface area contributed by atoms with Crippen LogP contribution >= 0.6 is 23.2 Å². The summed E-state index contributed by atoms with van der Waals surface area (Å²) in [6.45, 7) is 3.59. The third kappa shape index (κ3) is 4.68. The van der Waals surface area contributed by atoms with Crippen molar-refractivity contribution in [3.05, 3.63) is 69.5 Å². The molecule has 2 aromatic carbocycles. The number of hydrogen-bond acceptors (Lipinski definition) is 4. The fourth-order valence-electron chi connectivity index (χ4n) is 2.60. The first-order valence-corrected chi connectivity index (χ1v) is 9.12. The summed E-state index contributed by atoms with van der Waals surface area (Å²) >= 11 is 12.0. The van der Waals surface area contributed by atoms with Crippen LogP contribution in [0.3, 0.4) is 0 Å². The summed E-state index contributed by atoms with van der Waals surface area (Å²) in [7, 11) is 0. The molecule has 0 saturated carbocycles. The molecule has 0 aliphatic heterocycles. The Kier molecular flexibility index (Phi) is 5.96. The fourth-order valence-corrected chi connectivity index (χ4v) is 2.92. The molecule has 0 radical (unpaired) electrons. The summed E-state index contributed by atoms with van der Waals surface area (Å²) in [5.74, 6) is -0.581. The Balaban J connectivity index is 1.75. The molecule has 1 aromatic heterocycles. The molecule has 9 heteroatoms. The lowest BCUT2D eigenvalue weighted by atomic mass is 10.2. The van der Waals surface area contributed by atoms with Gasteiger partial charge < -0.3 is 10.6 Å². The molecule has 2 N–H and O–H groups in total. The third-order valence-electron chi connectivity index (χ3n) is 3.95. The summed E-state index contributed by atoms with van der Waals surface area (Å²) in [5, 5.41) is 14.4. The largest absolute Gasteiger partial charge is 0.326 e. The molecule has 0 bridgehead atoms. The smallest absolute Gasteiger partial charge is 0.278 e. The van der Waals surface area contributed by atoms with Crippen molar-refractivity contribution in [3.63, 3.8) is 0 Å². The van der Waals surface area contributed by atoms with Crippen molar-refractivity contribution in [2.45, 2.75) is 20.4 Å². The van der Waals surface area contributed by atoms with Gasteiger partial charge in [0.15, 0.2) is 5.69 Å². The molecule has 0 fully saturated rings. The number of amides is 2. The van der Waals surface area contributed by atoms with Crippen LogP contribution in [-0.4, -0.2) is 26.8 Å². The predicted octanol–water partition coefficient (Wildman–Crippen LogP) is 4.15. The highest BCUT2D eigenvalue weighted by atomic mass is 35.5. The maximum absolute atomic E-state index is 12.6. The van der Waals surface area contributed by atoms with E-state index in [9.17, 15) is 9.59 Å². The molecule has 0 saturated heterocycles. The van der Waals surface area contributed by atoms with E-state index >= 15 is 0 Å². The van der Waals surface area contributed by atoms with Crippen molar-refractivity contribution < 1.29 is 9.59 Å². The van der Waals surface area contributed by atoms with E-state index in [1.807, 2.05) is 6.07 Å². The second kappa shape index (κ2) is 8.41. The van der Waals surface area contributed by atoms with Crippen molar-refractivity contribution in [3.8, 4) is 0 Å². The van der Waals surface area contributed by atoms with Crippen LogP contribution < -0.4 is 10.6 Å². The van der Waals surface area contributed by atoms with Crippen molar-refractivity contribution in [2.24, 2.45) is 0 Å². The normalized spacial score (nSPS) is 10.6. The molecule has 28 heavy (non-hydrogen) atoms. The van der Waals surface area contributed by atoms with E-state index in [4.69, 9.17) is 23.2 Å². The minimum Gasteiger partial charge on any atom is -0.326 e. The first-order valence-electron chi connectivity index (χ1n) is 8.36. The van der Waals surface area contributed by atoms with Crippen LogP contribution in [0, 0.1) is 6.92 Å². The topological polar surface area (TPSA) is 88.9 Å². The van der Waals surface area contributed by atoms with Gasteiger partial charge in [-0.1, -0.05) is 40.5 Å². The van der Waals surface area contributed by atoms with Gasteiger partial charge in [-0.3, -0.25) is 9.59 Å². The van der Waals surface area contributed by atoms with Gasteiger partial charge in [0.2, 0.25) is 5.91 Å². The van der Waals surface area contributed by atoms with E-state index in [0.717, 1.165) is 5.56 Å². The van der Waals surface area contributed by atoms with E-state index in [0.29, 0.717) is 33.7 Å². The molecule has 0 aliphatic carbocycles. The molecule has 0 unspecified atom stereocenters. The van der Waals surface area contributed by atoms with Crippen LogP contribution in [0.15, 0.2) is 42.5 Å². The van der Waals surface area contributed by atoms with Crippen molar-refractivity contribution in [1.82, 2.24) is 15.0 Å². The number of carbonyl (C=O) groups is 2. The third-order valence-corrected chi connectivity index (χ3v) is 4.69. The van der Waals surface area contributed by atoms with Crippen LogP contribution in [0.4, 0.5) is 11.4 Å². The molecule has 3 rings (SSSR count). The zero-order chi connectivity index (χ0) is 20.3. The minimum absolute atomic E-state index is 0.190. The molecule has 0 aliphatic rings. The van der Waals surface area contributed by atoms with Crippen LogP contribution in [0.5, 0.6) is 0 Å². The van der Waals surface area contributed by atoms with Gasteiger partial charge >= 0.3 is 0 Å². The number of carbonyl (C=O) groups excluding carboxylic acids is 2. The number of halogens is 2. The number of aromatic nitrogens is 3. The first-order chi connectivity index (χ1) is 13.3. The number of hydrogen-bond donors (Lipinski definition) is 2. The lowest BCUT2D eigenvalue weighted by Gasteiger charge is -2.08. The molecule has 144 valence electrons. The van der Waals surface area contributed by atoms with Crippen molar-refractivity contribution >= 4 is 46.4 Å². The molecule has 0 atom stereocenters. The van der Waals surface area contributed by atoms with Gasteiger partial charge in [0.25, 0.3) is 5.91 Å². The van der Waals surface area contributed by atoms with Gasteiger partial charge in [-0.05, 0) is 42.8 Å². The lowest BCUT2D eigenvalue weighted by molar-refractivity contribution is -0.114. The van der Waals surface area contributed by atoms with Crippen LogP contribution in [0.1, 0.15) is 28.7 Å². The zero-order valence-corrected chi connectivity index (χ0v) is 16.7. The average molecular weight is 418 g/mol. The summed E-state index contributed by atoms with van der Waals surface area (Å²) < 4.78 is 1.61. The highest BCUT2D eigenvalue weighted by Crippen LogP contribution is 2.23. The number of anilines is 2. The minimum atomic E-state index is -0.391. The molecule has 3 aromatic rings. The molecule has 2 amide bonds. The van der Waals surface area contributed by atoms with Crippen molar-refractivity contribution in [1.29, 1.82) is 0 Å². The highest BCUT2D eigenvalue weighted by molar-refractivity contribution is 6.42. The van der Waals surface area contributed by atoms with Crippen LogP contribution in [-0.2, 0) is 11.3 Å². The van der Waals surface area contributed by atoms with E-state index < -0.39 is 5.91 Å². The Bertz CT molecular complexity index is 1050. The Morgan fingerprint density at radius 3 is 2.43 bits per heavy atom. The fraction of sp³-hybridized carbons (Fsp3) is 0.158. The molecule has 1 heterocycles. The van der Waals surface area contributed by atoms with Gasteiger partial charge in [-0.25, -0.2) is 4.68 Å².